The SMILES string of the molecule is CCC(=O)O[C@]1(C(=O)SCF)[C@H](C)C[C@H]2[C@@H]3C[C@H](F)C4=CC(=O)C=C[C@]4(C)[C@@]3(F)[C@@H](O)C[C@@]21C.O=C(O)c1ccco1. The lowest BCUT2D eigenvalue weighted by Crippen LogP contribution is -2.70. The van der Waals surface area contributed by atoms with Crippen LogP contribution >= 0.6 is 11.8 Å². The molecule has 1 heterocycles. The van der Waals surface area contributed by atoms with Crippen LogP contribution in [0.4, 0.5) is 13.2 Å². The molecule has 9 atom stereocenters. The Morgan fingerprint density at radius 1 is 1.21 bits per heavy atom. The van der Waals surface area contributed by atoms with E-state index in [0.29, 0.717) is 11.8 Å². The van der Waals surface area contributed by atoms with E-state index in [1.165, 1.54) is 37.5 Å². The molecule has 2 N–H and O–H groups in total. The molecule has 0 bridgehead atoms. The maximum absolute atomic E-state index is 17.2. The lowest BCUT2D eigenvalue weighted by molar-refractivity contribution is -0.228. The molecule has 1 aromatic heterocycles. The summed E-state index contributed by atoms with van der Waals surface area (Å²) in [5.74, 6) is -4.35. The highest BCUT2D eigenvalue weighted by Crippen LogP contribution is 2.72. The monoisotopic (exact) mass is 612 g/mol. The predicted octanol–water partition coefficient (Wildman–Crippen LogP) is 5.41. The molecule has 8 nitrogen and oxygen atoms in total. The third-order valence-electron chi connectivity index (χ3n) is 9.95. The lowest BCUT2D eigenvalue weighted by atomic mass is 9.44. The molecule has 0 amide bonds. The first-order chi connectivity index (χ1) is 19.6. The Balaban J connectivity index is 0.000000437. The summed E-state index contributed by atoms with van der Waals surface area (Å²) >= 11 is 0.396. The van der Waals surface area contributed by atoms with Gasteiger partial charge in [0.25, 0.3) is 0 Å². The number of carbonyl (C=O) groups excluding carboxylic acids is 3. The molecule has 3 fully saturated rings. The number of ketones is 1. The first kappa shape index (κ1) is 32.1. The van der Waals surface area contributed by atoms with Gasteiger partial charge in [0, 0.05) is 29.1 Å². The van der Waals surface area contributed by atoms with Gasteiger partial charge < -0.3 is 19.4 Å². The Hall–Kier alpha value is -2.86. The van der Waals surface area contributed by atoms with Crippen molar-refractivity contribution in [3.05, 3.63) is 48.0 Å². The van der Waals surface area contributed by atoms with Gasteiger partial charge in [-0.15, -0.1) is 0 Å². The number of halogens is 3. The lowest BCUT2D eigenvalue weighted by Gasteiger charge is -2.63. The molecule has 12 heteroatoms. The Bertz CT molecular complexity index is 1310. The van der Waals surface area contributed by atoms with E-state index in [4.69, 9.17) is 9.84 Å². The zero-order valence-electron chi connectivity index (χ0n) is 23.8. The fraction of sp³-hybridized carbons (Fsp3) is 0.600. The number of rotatable bonds is 5. The minimum absolute atomic E-state index is 0.0141. The van der Waals surface area contributed by atoms with Crippen LogP contribution < -0.4 is 0 Å². The van der Waals surface area contributed by atoms with Crippen molar-refractivity contribution in [2.75, 3.05) is 6.01 Å². The standard InChI is InChI=1S/C25H31F3O5S.C5H4O3/c1-5-20(31)33-25(21(32)34-12-26)13(2)8-15-16-10-18(27)17-9-14(29)6-7-22(17,3)24(16,28)19(30)11-23(15,25)4;6-5(7)4-2-1-3-8-4/h6-7,9,13,15-16,18-19,30H,5,8,10-12H2,1-4H3;1-3H,(H,6,7)/t13-,15+,16+,18+,19+,22+,23+,24+,25+;/m1./s1. The van der Waals surface area contributed by atoms with Crippen LogP contribution in [0.2, 0.25) is 0 Å². The van der Waals surface area contributed by atoms with Crippen molar-refractivity contribution in [3.8, 4) is 0 Å². The fourth-order valence-corrected chi connectivity index (χ4v) is 8.82. The number of aliphatic hydroxyl groups is 1. The summed E-state index contributed by atoms with van der Waals surface area (Å²) in [7, 11) is 0. The summed E-state index contributed by atoms with van der Waals surface area (Å²) in [6, 6.07) is 1.90. The first-order valence-corrected chi connectivity index (χ1v) is 14.8. The normalized spacial score (nSPS) is 40.0. The number of aliphatic hydroxyl groups excluding tert-OH is 1. The number of thioether (sulfide) groups is 1. The van der Waals surface area contributed by atoms with E-state index in [0.717, 1.165) is 6.08 Å². The van der Waals surface area contributed by atoms with Gasteiger partial charge in [-0.2, -0.15) is 0 Å². The molecule has 0 saturated heterocycles. The second-order valence-electron chi connectivity index (χ2n) is 11.9. The highest BCUT2D eigenvalue weighted by atomic mass is 32.2. The van der Waals surface area contributed by atoms with Gasteiger partial charge in [0.05, 0.1) is 12.4 Å². The van der Waals surface area contributed by atoms with Crippen LogP contribution in [-0.2, 0) is 19.1 Å². The maximum atomic E-state index is 17.2. The molecule has 5 rings (SSSR count). The molecule has 230 valence electrons. The van der Waals surface area contributed by atoms with Crippen LogP contribution in [-0.4, -0.2) is 62.6 Å². The number of carbonyl (C=O) groups is 4. The van der Waals surface area contributed by atoms with Gasteiger partial charge in [0.15, 0.2) is 17.1 Å². The van der Waals surface area contributed by atoms with Crippen molar-refractivity contribution >= 4 is 34.6 Å². The van der Waals surface area contributed by atoms with Crippen LogP contribution in [0.15, 0.2) is 46.6 Å². The molecule has 0 radical (unpaired) electrons. The second kappa shape index (κ2) is 11.3. The molecular weight excluding hydrogens is 577 g/mol. The van der Waals surface area contributed by atoms with E-state index in [1.807, 2.05) is 0 Å². The number of allylic oxidation sites excluding steroid dienone is 4. The molecule has 1 aromatic rings. The van der Waals surface area contributed by atoms with Crippen molar-refractivity contribution in [2.45, 2.75) is 76.9 Å². The van der Waals surface area contributed by atoms with E-state index in [2.05, 4.69) is 4.42 Å². The quantitative estimate of drug-likeness (QED) is 0.419. The van der Waals surface area contributed by atoms with Crippen molar-refractivity contribution < 1.29 is 51.7 Å². The number of aromatic carboxylic acids is 1. The van der Waals surface area contributed by atoms with Gasteiger partial charge in [-0.1, -0.05) is 26.8 Å². The van der Waals surface area contributed by atoms with Crippen LogP contribution in [0.1, 0.15) is 63.9 Å². The number of carboxylic acid groups (broad SMARTS) is 1. The summed E-state index contributed by atoms with van der Waals surface area (Å²) in [4.78, 5) is 47.8. The predicted molar refractivity (Wildman–Crippen MR) is 147 cm³/mol. The van der Waals surface area contributed by atoms with E-state index in [1.54, 1.807) is 20.8 Å². The Morgan fingerprint density at radius 3 is 2.45 bits per heavy atom. The van der Waals surface area contributed by atoms with Crippen molar-refractivity contribution in [2.24, 2.45) is 28.6 Å². The summed E-state index contributed by atoms with van der Waals surface area (Å²) in [6.45, 7) is 6.45. The third kappa shape index (κ3) is 4.56. The van der Waals surface area contributed by atoms with Gasteiger partial charge in [0.2, 0.25) is 10.9 Å². The molecular formula is C30H35F3O8S. The number of furan rings is 1. The third-order valence-corrected chi connectivity index (χ3v) is 10.6. The molecule has 0 unspecified atom stereocenters. The van der Waals surface area contributed by atoms with E-state index in [-0.39, 0.29) is 37.0 Å². The number of alkyl halides is 3. The van der Waals surface area contributed by atoms with Crippen molar-refractivity contribution in [3.63, 3.8) is 0 Å². The number of esters is 1. The topological polar surface area (TPSA) is 131 Å². The maximum Gasteiger partial charge on any atom is 0.371 e. The van der Waals surface area contributed by atoms with Gasteiger partial charge in [0.1, 0.15) is 12.2 Å². The number of fused-ring (bicyclic) bond motifs is 5. The molecule has 0 aliphatic heterocycles. The average molecular weight is 613 g/mol. The van der Waals surface area contributed by atoms with Crippen LogP contribution in [0, 0.1) is 28.6 Å². The molecule has 0 spiro atoms. The zero-order valence-corrected chi connectivity index (χ0v) is 24.6. The number of hydrogen-bond acceptors (Lipinski definition) is 8. The van der Waals surface area contributed by atoms with Crippen molar-refractivity contribution in [1.82, 2.24) is 0 Å². The molecule has 42 heavy (non-hydrogen) atoms. The summed E-state index contributed by atoms with van der Waals surface area (Å²) in [6.07, 6.45) is 1.48. The largest absolute Gasteiger partial charge is 0.475 e. The van der Waals surface area contributed by atoms with E-state index in [9.17, 15) is 28.7 Å². The number of hydrogen-bond donors (Lipinski definition) is 2. The smallest absolute Gasteiger partial charge is 0.371 e. The molecule has 3 saturated carbocycles. The van der Waals surface area contributed by atoms with Gasteiger partial charge in [-0.25, -0.2) is 18.0 Å². The number of ether oxygens (including phenoxy) is 1. The summed E-state index contributed by atoms with van der Waals surface area (Å²) in [5.41, 5.74) is -6.84. The van der Waals surface area contributed by atoms with E-state index < -0.39 is 81.0 Å². The molecule has 0 aromatic carbocycles. The Labute approximate surface area is 245 Å². The van der Waals surface area contributed by atoms with Gasteiger partial charge >= 0.3 is 11.9 Å². The minimum atomic E-state index is -2.30. The minimum Gasteiger partial charge on any atom is -0.475 e. The van der Waals surface area contributed by atoms with Gasteiger partial charge in [-0.3, -0.25) is 14.4 Å². The van der Waals surface area contributed by atoms with Gasteiger partial charge in [-0.05, 0) is 73.7 Å². The fourth-order valence-electron chi connectivity index (χ4n) is 8.03. The van der Waals surface area contributed by atoms with Crippen molar-refractivity contribution in [1.29, 1.82) is 0 Å². The first-order valence-electron chi connectivity index (χ1n) is 13.8. The highest BCUT2D eigenvalue weighted by molar-refractivity contribution is 8.13. The van der Waals surface area contributed by atoms with Crippen LogP contribution in [0.3, 0.4) is 0 Å². The highest BCUT2D eigenvalue weighted by Gasteiger charge is 2.78. The Morgan fingerprint density at radius 2 is 1.90 bits per heavy atom. The summed E-state index contributed by atoms with van der Waals surface area (Å²) < 4.78 is 56.3. The molecule has 4 aliphatic carbocycles. The zero-order chi connectivity index (χ0) is 31.3. The Kier molecular flexibility index (Phi) is 8.65. The second-order valence-corrected chi connectivity index (χ2v) is 12.8. The van der Waals surface area contributed by atoms with Crippen LogP contribution in [0.25, 0.3) is 0 Å². The summed E-state index contributed by atoms with van der Waals surface area (Å²) in [5, 5.41) is 18.9. The van der Waals surface area contributed by atoms with E-state index >= 15 is 8.78 Å². The van der Waals surface area contributed by atoms with Crippen LogP contribution in [0.5, 0.6) is 0 Å². The average Bonchev–Trinajstić information content (AvgIpc) is 3.55. The number of carboxylic acids is 1. The molecule has 4 aliphatic rings.